The lowest BCUT2D eigenvalue weighted by molar-refractivity contribution is -0.149. The second-order valence-electron chi connectivity index (χ2n) is 20.5. The molecule has 57 heavy (non-hydrogen) atoms. The fourth-order valence-corrected chi connectivity index (χ4v) is 12.5. The maximum absolute atomic E-state index is 15.3. The lowest BCUT2D eigenvalue weighted by Gasteiger charge is -2.57. The summed E-state index contributed by atoms with van der Waals surface area (Å²) in [5, 5.41) is 3.89. The van der Waals surface area contributed by atoms with Crippen LogP contribution in [0.25, 0.3) is 0 Å². The van der Waals surface area contributed by atoms with E-state index in [4.69, 9.17) is 0 Å². The molecular weight excluding hydrogens is 699 g/mol. The van der Waals surface area contributed by atoms with E-state index in [1.165, 1.54) is 186 Å². The molecule has 0 radical (unpaired) electrons. The van der Waals surface area contributed by atoms with Gasteiger partial charge in [-0.25, -0.2) is 0 Å². The van der Waals surface area contributed by atoms with Crippen molar-refractivity contribution in [2.24, 2.45) is 23.7 Å². The summed E-state index contributed by atoms with van der Waals surface area (Å²) in [7, 11) is 0. The van der Waals surface area contributed by atoms with E-state index < -0.39 is 0 Å². The summed E-state index contributed by atoms with van der Waals surface area (Å²) in [6, 6.07) is -0.121. The van der Waals surface area contributed by atoms with Gasteiger partial charge in [-0.05, 0) is 114 Å². The minimum atomic E-state index is -0.309. The number of amides is 2. The van der Waals surface area contributed by atoms with Crippen molar-refractivity contribution in [2.75, 3.05) is 19.6 Å². The Hall–Kier alpha value is -1.10. The van der Waals surface area contributed by atoms with E-state index in [2.05, 4.69) is 42.8 Å². The normalized spacial score (nSPS) is 24.1. The maximum Gasteiger partial charge on any atom is 0.243 e. The largest absolute Gasteiger partial charge is 0.349 e. The van der Waals surface area contributed by atoms with Gasteiger partial charge in [0.05, 0.1) is 0 Å². The smallest absolute Gasteiger partial charge is 0.243 e. The van der Waals surface area contributed by atoms with Crippen molar-refractivity contribution < 1.29 is 9.59 Å². The summed E-state index contributed by atoms with van der Waals surface area (Å²) < 4.78 is 0. The molecule has 0 aromatic carbocycles. The molecule has 2 amide bonds. The molecular formula is C52H97N3O2. The number of rotatable bonds is 34. The van der Waals surface area contributed by atoms with E-state index in [1.807, 2.05) is 0 Å². The van der Waals surface area contributed by atoms with Crippen LogP contribution in [0.2, 0.25) is 0 Å². The third-order valence-corrected chi connectivity index (χ3v) is 15.5. The standard InChI is InChI=1S/C52H97N3O2/c1-5-9-12-15-18-19-20-21-22-23-24-27-30-33-49(56)55(48(31-28-25-16-13-10-6-2)32-29-26-17-14-11-7-3)50(47-34-36-54(8-4)37-35-47)51(57)53-52-41-44-38-45(42-52)40-46(39-44)43-52/h44-48,50H,5-43H2,1-4H3,(H,53,57). The van der Waals surface area contributed by atoms with Crippen LogP contribution in [0, 0.1) is 23.7 Å². The van der Waals surface area contributed by atoms with Crippen LogP contribution >= 0.6 is 0 Å². The van der Waals surface area contributed by atoms with Gasteiger partial charge in [0, 0.05) is 18.0 Å². The second kappa shape index (κ2) is 28.4. The lowest BCUT2D eigenvalue weighted by Crippen LogP contribution is -2.65. The summed E-state index contributed by atoms with van der Waals surface area (Å²) in [4.78, 5) is 35.2. The van der Waals surface area contributed by atoms with Crippen LogP contribution in [0.3, 0.4) is 0 Å². The molecule has 5 heteroatoms. The third kappa shape index (κ3) is 17.4. The average Bonchev–Trinajstić information content (AvgIpc) is 3.20. The predicted molar refractivity (Wildman–Crippen MR) is 245 cm³/mol. The summed E-state index contributed by atoms with van der Waals surface area (Å²) in [5.74, 6) is 3.19. The number of nitrogens with zero attached hydrogens (tertiary/aromatic N) is 2. The second-order valence-corrected chi connectivity index (χ2v) is 20.5. The van der Waals surface area contributed by atoms with E-state index >= 15 is 9.59 Å². The lowest BCUT2D eigenvalue weighted by atomic mass is 9.53. The highest BCUT2D eigenvalue weighted by molar-refractivity contribution is 5.88. The Balaban J connectivity index is 1.47. The molecule has 1 heterocycles. The highest BCUT2D eigenvalue weighted by Gasteiger charge is 2.53. The molecule has 332 valence electrons. The number of carbonyl (C=O) groups excluding carboxylic acids is 2. The third-order valence-electron chi connectivity index (χ3n) is 15.5. The molecule has 1 aliphatic heterocycles. The highest BCUT2D eigenvalue weighted by Crippen LogP contribution is 2.55. The fourth-order valence-electron chi connectivity index (χ4n) is 12.5. The van der Waals surface area contributed by atoms with Crippen molar-refractivity contribution in [2.45, 2.75) is 276 Å². The molecule has 4 saturated carbocycles. The number of unbranched alkanes of at least 4 members (excludes halogenated alkanes) is 22. The molecule has 1 atom stereocenters. The number of carbonyl (C=O) groups is 2. The quantitative estimate of drug-likeness (QED) is 0.0660. The molecule has 5 fully saturated rings. The molecule has 5 aliphatic rings. The van der Waals surface area contributed by atoms with Gasteiger partial charge in [-0.2, -0.15) is 0 Å². The monoisotopic (exact) mass is 796 g/mol. The van der Waals surface area contributed by atoms with E-state index in [1.54, 1.807) is 0 Å². The number of hydrogen-bond donors (Lipinski definition) is 1. The summed E-state index contributed by atoms with van der Waals surface area (Å²) in [6.07, 6.45) is 45.0. The molecule has 4 bridgehead atoms. The van der Waals surface area contributed by atoms with Gasteiger partial charge in [0.2, 0.25) is 11.8 Å². The highest BCUT2D eigenvalue weighted by atomic mass is 16.2. The first kappa shape index (κ1) is 48.6. The Kier molecular flexibility index (Phi) is 24.2. The molecule has 0 spiro atoms. The Morgan fingerprint density at radius 3 is 1.35 bits per heavy atom. The molecule has 1 saturated heterocycles. The van der Waals surface area contributed by atoms with Gasteiger partial charge in [-0.15, -0.1) is 0 Å². The summed E-state index contributed by atoms with van der Waals surface area (Å²) in [6.45, 7) is 12.4. The molecule has 4 aliphatic carbocycles. The van der Waals surface area contributed by atoms with Crippen molar-refractivity contribution in [3.8, 4) is 0 Å². The minimum absolute atomic E-state index is 0.0218. The van der Waals surface area contributed by atoms with Crippen LogP contribution in [-0.4, -0.2) is 58.9 Å². The van der Waals surface area contributed by atoms with Crippen LogP contribution < -0.4 is 5.32 Å². The summed E-state index contributed by atoms with van der Waals surface area (Å²) in [5.41, 5.74) is -0.0218. The Labute approximate surface area is 355 Å². The molecule has 5 rings (SSSR count). The Morgan fingerprint density at radius 1 is 0.561 bits per heavy atom. The number of piperidine rings is 1. The minimum Gasteiger partial charge on any atom is -0.349 e. The zero-order chi connectivity index (χ0) is 40.6. The van der Waals surface area contributed by atoms with Gasteiger partial charge < -0.3 is 15.1 Å². The van der Waals surface area contributed by atoms with Crippen LogP contribution in [0.1, 0.15) is 259 Å². The average molecular weight is 796 g/mol. The van der Waals surface area contributed by atoms with E-state index in [9.17, 15) is 0 Å². The fraction of sp³-hybridized carbons (Fsp3) is 0.962. The van der Waals surface area contributed by atoms with Gasteiger partial charge in [0.1, 0.15) is 6.04 Å². The van der Waals surface area contributed by atoms with E-state index in [0.29, 0.717) is 12.3 Å². The zero-order valence-electron chi connectivity index (χ0n) is 38.8. The van der Waals surface area contributed by atoms with E-state index in [-0.39, 0.29) is 29.4 Å². The number of nitrogens with one attached hydrogen (secondary N) is 1. The Bertz CT molecular complexity index is 1000. The van der Waals surface area contributed by atoms with Gasteiger partial charge in [-0.3, -0.25) is 9.59 Å². The van der Waals surface area contributed by atoms with Crippen molar-refractivity contribution >= 4 is 11.8 Å². The van der Waals surface area contributed by atoms with Gasteiger partial charge in [-0.1, -0.05) is 182 Å². The van der Waals surface area contributed by atoms with Crippen molar-refractivity contribution in [3.63, 3.8) is 0 Å². The molecule has 1 N–H and O–H groups in total. The number of hydrogen-bond acceptors (Lipinski definition) is 3. The summed E-state index contributed by atoms with van der Waals surface area (Å²) >= 11 is 0. The molecule has 0 aromatic heterocycles. The Morgan fingerprint density at radius 2 is 0.947 bits per heavy atom. The van der Waals surface area contributed by atoms with Gasteiger partial charge in [0.25, 0.3) is 0 Å². The van der Waals surface area contributed by atoms with Crippen molar-refractivity contribution in [1.82, 2.24) is 15.1 Å². The van der Waals surface area contributed by atoms with Crippen LogP contribution in [0.5, 0.6) is 0 Å². The first-order chi connectivity index (χ1) is 27.9. The van der Waals surface area contributed by atoms with Crippen LogP contribution in [0.4, 0.5) is 0 Å². The van der Waals surface area contributed by atoms with Crippen LogP contribution in [0.15, 0.2) is 0 Å². The number of likely N-dealkylation sites (tertiary alicyclic amines) is 1. The van der Waals surface area contributed by atoms with Crippen LogP contribution in [-0.2, 0) is 9.59 Å². The topological polar surface area (TPSA) is 52.7 Å². The predicted octanol–water partition coefficient (Wildman–Crippen LogP) is 14.4. The SMILES string of the molecule is CCCCCCCCCCCCCCCC(=O)N(C(CCCCCCCC)CCCCCCCC)C(C(=O)NC12CC3CC(CC(C3)C1)C2)C1CCN(CC)CC1. The zero-order valence-corrected chi connectivity index (χ0v) is 38.8. The molecule has 1 unspecified atom stereocenters. The maximum atomic E-state index is 15.3. The molecule has 0 aromatic rings. The van der Waals surface area contributed by atoms with Gasteiger partial charge in [0.15, 0.2) is 0 Å². The van der Waals surface area contributed by atoms with Crippen molar-refractivity contribution in [3.05, 3.63) is 0 Å². The van der Waals surface area contributed by atoms with E-state index in [0.717, 1.165) is 75.9 Å². The first-order valence-corrected chi connectivity index (χ1v) is 26.3. The first-order valence-electron chi connectivity index (χ1n) is 26.3. The van der Waals surface area contributed by atoms with Crippen molar-refractivity contribution in [1.29, 1.82) is 0 Å². The molecule has 5 nitrogen and oxygen atoms in total. The van der Waals surface area contributed by atoms with Gasteiger partial charge >= 0.3 is 0 Å².